The third-order valence-corrected chi connectivity index (χ3v) is 5.48. The summed E-state index contributed by atoms with van der Waals surface area (Å²) in [7, 11) is 1.91. The van der Waals surface area contributed by atoms with Crippen molar-refractivity contribution in [3.63, 3.8) is 0 Å². The fourth-order valence-electron chi connectivity index (χ4n) is 2.79. The van der Waals surface area contributed by atoms with Gasteiger partial charge in [-0.2, -0.15) is 0 Å². The molecule has 0 saturated heterocycles. The van der Waals surface area contributed by atoms with Crippen molar-refractivity contribution in [1.29, 1.82) is 0 Å². The molecule has 0 amide bonds. The van der Waals surface area contributed by atoms with Gasteiger partial charge in [0.05, 0.1) is 17.9 Å². The van der Waals surface area contributed by atoms with Crippen molar-refractivity contribution < 1.29 is 14.3 Å². The van der Waals surface area contributed by atoms with Gasteiger partial charge in [0.1, 0.15) is 18.1 Å². The lowest BCUT2D eigenvalue weighted by molar-refractivity contribution is 0.125. The average molecular weight is 388 g/mol. The summed E-state index contributed by atoms with van der Waals surface area (Å²) in [6.07, 6.45) is 1.04. The van der Waals surface area contributed by atoms with Gasteiger partial charge in [0, 0.05) is 12.8 Å². The molecule has 3 aromatic rings. The fraction of sp³-hybridized carbons (Fsp3) is 0.400. The predicted molar refractivity (Wildman–Crippen MR) is 106 cm³/mol. The van der Waals surface area contributed by atoms with Crippen LogP contribution in [0.4, 0.5) is 0 Å². The van der Waals surface area contributed by atoms with Gasteiger partial charge in [0.25, 0.3) is 0 Å². The van der Waals surface area contributed by atoms with Gasteiger partial charge < -0.3 is 18.8 Å². The molecular formula is C20H25N3O3S. The van der Waals surface area contributed by atoms with Crippen LogP contribution in [0.3, 0.4) is 0 Å². The van der Waals surface area contributed by atoms with Crippen LogP contribution >= 0.6 is 11.8 Å². The zero-order valence-corrected chi connectivity index (χ0v) is 16.9. The molecule has 7 heteroatoms. The van der Waals surface area contributed by atoms with E-state index in [2.05, 4.69) is 30.1 Å². The number of hydrogen-bond acceptors (Lipinski definition) is 6. The van der Waals surface area contributed by atoms with E-state index in [-0.39, 0.29) is 6.61 Å². The molecule has 0 saturated carbocycles. The van der Waals surface area contributed by atoms with Crippen molar-refractivity contribution in [3.8, 4) is 17.1 Å². The molecule has 1 aromatic carbocycles. The van der Waals surface area contributed by atoms with Crippen LogP contribution in [-0.4, -0.2) is 38.3 Å². The zero-order chi connectivity index (χ0) is 19.4. The number of rotatable bonds is 8. The van der Waals surface area contributed by atoms with E-state index in [1.807, 2.05) is 42.8 Å². The summed E-state index contributed by atoms with van der Waals surface area (Å²) in [5.41, 5.74) is 2.07. The fourth-order valence-corrected chi connectivity index (χ4v) is 3.60. The molecule has 0 fully saturated rings. The Morgan fingerprint density at radius 3 is 2.70 bits per heavy atom. The number of para-hydroxylation sites is 1. The van der Waals surface area contributed by atoms with Crippen LogP contribution in [0.5, 0.6) is 5.75 Å². The normalized spacial score (nSPS) is 12.5. The Labute approximate surface area is 163 Å². The Balaban J connectivity index is 1.57. The van der Waals surface area contributed by atoms with Crippen molar-refractivity contribution in [2.75, 3.05) is 12.4 Å². The van der Waals surface area contributed by atoms with Crippen LogP contribution < -0.4 is 4.74 Å². The summed E-state index contributed by atoms with van der Waals surface area (Å²) in [5, 5.41) is 19.5. The number of aliphatic hydroxyl groups is 1. The third-order valence-electron chi connectivity index (χ3n) is 4.31. The number of aryl methyl sites for hydroxylation is 1. The minimum Gasteiger partial charge on any atom is -0.491 e. The minimum atomic E-state index is -0.606. The molecule has 2 aromatic heterocycles. The van der Waals surface area contributed by atoms with Gasteiger partial charge in [-0.1, -0.05) is 43.8 Å². The highest BCUT2D eigenvalue weighted by Crippen LogP contribution is 2.27. The second-order valence-corrected chi connectivity index (χ2v) is 7.71. The van der Waals surface area contributed by atoms with E-state index in [1.165, 1.54) is 11.8 Å². The molecule has 0 aliphatic carbocycles. The Hall–Kier alpha value is -2.25. The lowest BCUT2D eigenvalue weighted by atomic mass is 10.0. The summed E-state index contributed by atoms with van der Waals surface area (Å²) < 4.78 is 13.1. The number of nitrogens with zero attached hydrogens (tertiary/aromatic N) is 3. The quantitative estimate of drug-likeness (QED) is 0.588. The molecule has 1 N–H and O–H groups in total. The van der Waals surface area contributed by atoms with Crippen molar-refractivity contribution in [2.24, 2.45) is 7.05 Å². The van der Waals surface area contributed by atoms with E-state index in [4.69, 9.17) is 9.15 Å². The third kappa shape index (κ3) is 4.54. The highest BCUT2D eigenvalue weighted by atomic mass is 32.2. The Morgan fingerprint density at radius 1 is 1.22 bits per heavy atom. The van der Waals surface area contributed by atoms with Crippen LogP contribution in [0.25, 0.3) is 11.4 Å². The molecule has 0 aliphatic rings. The monoisotopic (exact) mass is 387 g/mol. The van der Waals surface area contributed by atoms with Crippen LogP contribution in [-0.2, 0) is 7.05 Å². The summed E-state index contributed by atoms with van der Waals surface area (Å²) in [6, 6.07) is 9.82. The topological polar surface area (TPSA) is 73.3 Å². The van der Waals surface area contributed by atoms with Crippen molar-refractivity contribution in [2.45, 2.75) is 37.9 Å². The van der Waals surface area contributed by atoms with Crippen molar-refractivity contribution >= 4 is 11.8 Å². The standard InChI is InChI=1S/C20H25N3O3S/c1-13(2)16-7-5-6-8-18(16)26-11-15(24)12-27-20-22-21-19(23(20)4)17-9-10-25-14(17)3/h5-10,13,15,24H,11-12H2,1-4H3/t15-/m1/s1. The first-order valence-electron chi connectivity index (χ1n) is 8.93. The van der Waals surface area contributed by atoms with Gasteiger partial charge in [0.15, 0.2) is 11.0 Å². The molecule has 0 aliphatic heterocycles. The van der Waals surface area contributed by atoms with E-state index in [0.717, 1.165) is 33.6 Å². The molecule has 3 rings (SSSR count). The van der Waals surface area contributed by atoms with Gasteiger partial charge in [0.2, 0.25) is 0 Å². The van der Waals surface area contributed by atoms with Gasteiger partial charge in [-0.15, -0.1) is 10.2 Å². The molecule has 0 bridgehead atoms. The second kappa shape index (κ2) is 8.63. The molecule has 144 valence electrons. The number of furan rings is 1. The number of aromatic nitrogens is 3. The Bertz CT molecular complexity index is 888. The maximum absolute atomic E-state index is 10.3. The van der Waals surface area contributed by atoms with Gasteiger partial charge >= 0.3 is 0 Å². The van der Waals surface area contributed by atoms with Gasteiger partial charge in [-0.3, -0.25) is 0 Å². The Morgan fingerprint density at radius 2 is 2.00 bits per heavy atom. The predicted octanol–water partition coefficient (Wildman–Crippen LogP) is 4.04. The van der Waals surface area contributed by atoms with Crippen molar-refractivity contribution in [3.05, 3.63) is 47.9 Å². The zero-order valence-electron chi connectivity index (χ0n) is 16.0. The summed E-state index contributed by atoms with van der Waals surface area (Å²) in [5.74, 6) is 3.23. The average Bonchev–Trinajstić information content (AvgIpc) is 3.23. The largest absolute Gasteiger partial charge is 0.491 e. The van der Waals surface area contributed by atoms with E-state index in [1.54, 1.807) is 6.26 Å². The summed E-state index contributed by atoms with van der Waals surface area (Å²) in [4.78, 5) is 0. The maximum atomic E-state index is 10.3. The smallest absolute Gasteiger partial charge is 0.191 e. The maximum Gasteiger partial charge on any atom is 0.191 e. The van der Waals surface area contributed by atoms with E-state index >= 15 is 0 Å². The van der Waals surface area contributed by atoms with Gasteiger partial charge in [-0.05, 0) is 30.5 Å². The van der Waals surface area contributed by atoms with E-state index in [9.17, 15) is 5.11 Å². The van der Waals surface area contributed by atoms with Crippen LogP contribution in [0, 0.1) is 6.92 Å². The molecule has 0 radical (unpaired) electrons. The molecule has 2 heterocycles. The minimum absolute atomic E-state index is 0.238. The van der Waals surface area contributed by atoms with E-state index in [0.29, 0.717) is 11.7 Å². The SMILES string of the molecule is Cc1occc1-c1nnc(SC[C@H](O)COc2ccccc2C(C)C)n1C. The number of benzene rings is 1. The summed E-state index contributed by atoms with van der Waals surface area (Å²) in [6.45, 7) is 6.39. The molecule has 0 spiro atoms. The van der Waals surface area contributed by atoms with Crippen LogP contribution in [0.2, 0.25) is 0 Å². The number of thioether (sulfide) groups is 1. The first-order valence-corrected chi connectivity index (χ1v) is 9.92. The number of ether oxygens (including phenoxy) is 1. The summed E-state index contributed by atoms with van der Waals surface area (Å²) >= 11 is 1.45. The van der Waals surface area contributed by atoms with Crippen molar-refractivity contribution in [1.82, 2.24) is 14.8 Å². The molecule has 1 atom stereocenters. The molecule has 27 heavy (non-hydrogen) atoms. The molecule has 6 nitrogen and oxygen atoms in total. The second-order valence-electron chi connectivity index (χ2n) is 6.72. The van der Waals surface area contributed by atoms with Crippen LogP contribution in [0.1, 0.15) is 31.1 Å². The lowest BCUT2D eigenvalue weighted by Gasteiger charge is -2.16. The Kier molecular flexibility index (Phi) is 6.23. The van der Waals surface area contributed by atoms with Gasteiger partial charge in [-0.25, -0.2) is 0 Å². The number of aliphatic hydroxyl groups excluding tert-OH is 1. The lowest BCUT2D eigenvalue weighted by Crippen LogP contribution is -2.20. The first-order chi connectivity index (χ1) is 13.0. The highest BCUT2D eigenvalue weighted by molar-refractivity contribution is 7.99. The molecular weight excluding hydrogens is 362 g/mol. The van der Waals surface area contributed by atoms with Crippen LogP contribution in [0.15, 0.2) is 46.2 Å². The molecule has 0 unspecified atom stereocenters. The number of hydrogen-bond donors (Lipinski definition) is 1. The van der Waals surface area contributed by atoms with E-state index < -0.39 is 6.10 Å². The first kappa shape index (κ1) is 19.5. The highest BCUT2D eigenvalue weighted by Gasteiger charge is 2.16.